The fourth-order valence-corrected chi connectivity index (χ4v) is 11.7. The summed E-state index contributed by atoms with van der Waals surface area (Å²) < 4.78 is 68.4. The number of allylic oxidation sites excluding steroid dienone is 16. The van der Waals surface area contributed by atoms with Crippen molar-refractivity contribution in [3.8, 4) is 0 Å². The number of hydrogen-bond donors (Lipinski definition) is 3. The predicted molar refractivity (Wildman–Crippen MR) is 399 cm³/mol. The van der Waals surface area contributed by atoms with Gasteiger partial charge in [0.25, 0.3) is 0 Å². The summed E-state index contributed by atoms with van der Waals surface area (Å²) in [6, 6.07) is 0. The normalized spacial score (nSPS) is 14.5. The number of carbonyl (C=O) groups excluding carboxylic acids is 4. The molecule has 0 aromatic heterocycles. The molecule has 0 aromatic rings. The molecule has 0 spiro atoms. The Kier molecular flexibility index (Phi) is 68.4. The minimum atomic E-state index is -4.98. The van der Waals surface area contributed by atoms with Crippen molar-refractivity contribution < 1.29 is 80.2 Å². The fraction of sp³-hybridized carbons (Fsp3) is 0.747. The summed E-state index contributed by atoms with van der Waals surface area (Å²) in [6.45, 7) is 4.65. The molecule has 0 amide bonds. The summed E-state index contributed by atoms with van der Waals surface area (Å²) in [5.41, 5.74) is 0. The quantitative estimate of drug-likeness (QED) is 0.0169. The number of phosphoric acid groups is 2. The first-order valence-electron chi connectivity index (χ1n) is 38.5. The molecule has 3 N–H and O–H groups in total. The van der Waals surface area contributed by atoms with Gasteiger partial charge in [0.15, 0.2) is 12.2 Å². The Hall–Kier alpha value is -4.02. The lowest BCUT2D eigenvalue weighted by Crippen LogP contribution is -2.30. The average molecular weight is 1420 g/mol. The molecule has 5 atom stereocenters. The van der Waals surface area contributed by atoms with E-state index in [1.54, 1.807) is 0 Å². The van der Waals surface area contributed by atoms with Gasteiger partial charge in [-0.05, 0) is 122 Å². The van der Waals surface area contributed by atoms with Crippen molar-refractivity contribution in [3.05, 3.63) is 97.2 Å². The van der Waals surface area contributed by atoms with Crippen molar-refractivity contribution in [2.24, 2.45) is 0 Å². The maximum Gasteiger partial charge on any atom is 0.472 e. The highest BCUT2D eigenvalue weighted by Gasteiger charge is 2.30. The van der Waals surface area contributed by atoms with E-state index in [2.05, 4.69) is 125 Å². The highest BCUT2D eigenvalue weighted by Crippen LogP contribution is 2.45. The number of ether oxygens (including phenoxy) is 4. The van der Waals surface area contributed by atoms with Gasteiger partial charge >= 0.3 is 39.5 Å². The standard InChI is InChI=1S/C79H138O17P2/c1-5-9-13-17-21-25-29-31-33-35-36-38-40-42-46-48-52-56-60-64-77(82)90-70-75(96-79(84)66-62-58-54-50-44-28-24-20-16-12-8-4)72-94-98(87,88)92-68-73(80)67-91-97(85,86)93-71-74(95-78(83)65-61-57-53-49-43-27-23-19-15-11-7-3)69-89-76(81)63-59-55-51-47-45-41-39-37-34-32-30-26-22-18-14-10-6-2/h10,14,20-22,24-26,31-34,36,38-39,41,73-75,80H,5-9,11-13,15-19,23,27-30,35,37,40,42-72H2,1-4H3,(H,85,86)(H,87,88)/b14-10-,24-20-,25-21-,26-22-,33-31-,34-32-,38-36-,41-39-. The molecule has 566 valence electrons. The smallest absolute Gasteiger partial charge is 0.462 e. The molecule has 0 heterocycles. The van der Waals surface area contributed by atoms with Crippen LogP contribution in [0.25, 0.3) is 0 Å². The van der Waals surface area contributed by atoms with Crippen molar-refractivity contribution in [1.82, 2.24) is 0 Å². The van der Waals surface area contributed by atoms with E-state index < -0.39 is 97.5 Å². The largest absolute Gasteiger partial charge is 0.472 e. The topological polar surface area (TPSA) is 237 Å². The molecule has 17 nitrogen and oxygen atoms in total. The minimum Gasteiger partial charge on any atom is -0.462 e. The molecule has 0 fully saturated rings. The van der Waals surface area contributed by atoms with E-state index in [4.69, 9.17) is 37.0 Å². The second-order valence-electron chi connectivity index (χ2n) is 25.6. The number of unbranched alkanes of at least 4 members (excludes halogenated alkanes) is 30. The van der Waals surface area contributed by atoms with Crippen LogP contribution in [0.1, 0.15) is 323 Å². The summed E-state index contributed by atoms with van der Waals surface area (Å²) in [4.78, 5) is 72.8. The number of aliphatic hydroxyl groups is 1. The Bertz CT molecular complexity index is 2240. The minimum absolute atomic E-state index is 0.0816. The maximum absolute atomic E-state index is 13.1. The van der Waals surface area contributed by atoms with Gasteiger partial charge < -0.3 is 33.8 Å². The lowest BCUT2D eigenvalue weighted by molar-refractivity contribution is -0.161. The van der Waals surface area contributed by atoms with E-state index in [-0.39, 0.29) is 25.7 Å². The number of aliphatic hydroxyl groups excluding tert-OH is 1. The van der Waals surface area contributed by atoms with Crippen molar-refractivity contribution in [3.63, 3.8) is 0 Å². The van der Waals surface area contributed by atoms with Crippen molar-refractivity contribution >= 4 is 39.5 Å². The molecule has 19 heteroatoms. The molecular weight excluding hydrogens is 1280 g/mol. The van der Waals surface area contributed by atoms with Crippen LogP contribution >= 0.6 is 15.6 Å². The highest BCUT2D eigenvalue weighted by molar-refractivity contribution is 7.47. The summed E-state index contributed by atoms with van der Waals surface area (Å²) in [5, 5.41) is 10.6. The number of rotatable bonds is 72. The van der Waals surface area contributed by atoms with Crippen LogP contribution in [0.3, 0.4) is 0 Å². The zero-order valence-electron chi connectivity index (χ0n) is 61.7. The molecule has 0 aliphatic carbocycles. The first kappa shape index (κ1) is 94.0. The monoisotopic (exact) mass is 1420 g/mol. The number of carbonyl (C=O) groups is 4. The zero-order chi connectivity index (χ0) is 71.8. The van der Waals surface area contributed by atoms with E-state index in [0.29, 0.717) is 25.7 Å². The van der Waals surface area contributed by atoms with Gasteiger partial charge in [-0.15, -0.1) is 0 Å². The van der Waals surface area contributed by atoms with Crippen LogP contribution in [0.4, 0.5) is 0 Å². The van der Waals surface area contributed by atoms with Gasteiger partial charge in [0, 0.05) is 25.7 Å². The summed E-state index contributed by atoms with van der Waals surface area (Å²) >= 11 is 0. The van der Waals surface area contributed by atoms with Gasteiger partial charge in [-0.1, -0.05) is 273 Å². The van der Waals surface area contributed by atoms with Crippen LogP contribution in [0, 0.1) is 0 Å². The van der Waals surface area contributed by atoms with Crippen LogP contribution < -0.4 is 0 Å². The lowest BCUT2D eigenvalue weighted by Gasteiger charge is -2.21. The molecule has 0 saturated carbocycles. The number of hydrogen-bond acceptors (Lipinski definition) is 15. The fourth-order valence-electron chi connectivity index (χ4n) is 10.1. The zero-order valence-corrected chi connectivity index (χ0v) is 63.5. The Labute approximate surface area is 595 Å². The summed E-state index contributed by atoms with van der Waals surface area (Å²) in [6.07, 6.45) is 74.0. The van der Waals surface area contributed by atoms with Crippen molar-refractivity contribution in [1.29, 1.82) is 0 Å². The Morgan fingerprint density at radius 1 is 0.296 bits per heavy atom. The van der Waals surface area contributed by atoms with E-state index in [1.807, 2.05) is 0 Å². The summed E-state index contributed by atoms with van der Waals surface area (Å²) in [7, 11) is -9.95. The third-order valence-electron chi connectivity index (χ3n) is 16.0. The lowest BCUT2D eigenvalue weighted by atomic mass is 10.1. The van der Waals surface area contributed by atoms with E-state index in [0.717, 1.165) is 173 Å². The van der Waals surface area contributed by atoms with Gasteiger partial charge in [-0.2, -0.15) is 0 Å². The molecular formula is C79H138O17P2. The van der Waals surface area contributed by atoms with E-state index in [1.165, 1.54) is 70.6 Å². The first-order chi connectivity index (χ1) is 47.7. The van der Waals surface area contributed by atoms with Crippen LogP contribution in [0.15, 0.2) is 97.2 Å². The first-order valence-corrected chi connectivity index (χ1v) is 41.5. The second kappa shape index (κ2) is 71.4. The second-order valence-corrected chi connectivity index (χ2v) is 28.5. The van der Waals surface area contributed by atoms with Gasteiger partial charge in [0.05, 0.1) is 26.4 Å². The number of esters is 4. The molecule has 0 aliphatic rings. The third kappa shape index (κ3) is 70.4. The van der Waals surface area contributed by atoms with Crippen molar-refractivity contribution in [2.45, 2.75) is 341 Å². The Morgan fingerprint density at radius 2 is 0.541 bits per heavy atom. The third-order valence-corrected chi connectivity index (χ3v) is 17.9. The average Bonchev–Trinajstić information content (AvgIpc) is 0.983. The van der Waals surface area contributed by atoms with Gasteiger partial charge in [-0.25, -0.2) is 9.13 Å². The van der Waals surface area contributed by atoms with E-state index in [9.17, 15) is 43.2 Å². The number of phosphoric ester groups is 2. The molecule has 0 radical (unpaired) electrons. The van der Waals surface area contributed by atoms with E-state index >= 15 is 0 Å². The SMILES string of the molecule is CC/C=C\C/C=C\C/C=C\C/C=C\CCCCCCC(=O)OCC(COP(=O)(O)OCC(O)COP(=O)(O)OCC(COC(=O)CCCCCCCC/C=C\C/C=C\C/C=C\CCCCC)OC(=O)CCCCCCC/C=C\CCCC)OC(=O)CCCCCCCCCCCCC. The van der Waals surface area contributed by atoms with Gasteiger partial charge in [0.1, 0.15) is 19.3 Å². The van der Waals surface area contributed by atoms with Crippen molar-refractivity contribution in [2.75, 3.05) is 39.6 Å². The molecule has 5 unspecified atom stereocenters. The van der Waals surface area contributed by atoms with Crippen LogP contribution in [-0.2, 0) is 65.4 Å². The van der Waals surface area contributed by atoms with Gasteiger partial charge in [-0.3, -0.25) is 37.3 Å². The molecule has 0 aliphatic heterocycles. The molecule has 98 heavy (non-hydrogen) atoms. The maximum atomic E-state index is 13.1. The van der Waals surface area contributed by atoms with Gasteiger partial charge in [0.2, 0.25) is 0 Å². The Morgan fingerprint density at radius 3 is 0.878 bits per heavy atom. The molecule has 0 saturated heterocycles. The van der Waals surface area contributed by atoms with Crippen LogP contribution in [-0.4, -0.2) is 96.7 Å². The molecule has 0 bridgehead atoms. The predicted octanol–water partition coefficient (Wildman–Crippen LogP) is 22.0. The Balaban J connectivity index is 5.29. The van der Waals surface area contributed by atoms with Crippen LogP contribution in [0.2, 0.25) is 0 Å². The summed E-state index contributed by atoms with van der Waals surface area (Å²) in [5.74, 6) is -2.21. The molecule has 0 aromatic carbocycles. The van der Waals surface area contributed by atoms with Crippen LogP contribution in [0.5, 0.6) is 0 Å². The molecule has 0 rings (SSSR count). The highest BCUT2D eigenvalue weighted by atomic mass is 31.2.